The highest BCUT2D eigenvalue weighted by atomic mass is 35.5. The minimum Gasteiger partial charge on any atom is -0.380 e. The highest BCUT2D eigenvalue weighted by Crippen LogP contribution is 2.31. The zero-order chi connectivity index (χ0) is 9.26. The van der Waals surface area contributed by atoms with Crippen molar-refractivity contribution in [2.45, 2.75) is 12.8 Å². The Bertz CT molecular complexity index is 292. The lowest BCUT2D eigenvalue weighted by Crippen LogP contribution is -2.05. The van der Waals surface area contributed by atoms with Gasteiger partial charge in [-0.3, -0.25) is 0 Å². The van der Waals surface area contributed by atoms with Crippen LogP contribution in [0.25, 0.3) is 0 Å². The van der Waals surface area contributed by atoms with Gasteiger partial charge in [0.1, 0.15) is 12.0 Å². The van der Waals surface area contributed by atoms with Gasteiger partial charge in [0.2, 0.25) is 0 Å². The highest BCUT2D eigenvalue weighted by molar-refractivity contribution is 6.37. The maximum Gasteiger partial charge on any atom is 0.157 e. The van der Waals surface area contributed by atoms with Crippen LogP contribution in [0.2, 0.25) is 10.3 Å². The van der Waals surface area contributed by atoms with Crippen LogP contribution >= 0.6 is 23.2 Å². The fourth-order valence-corrected chi connectivity index (χ4v) is 1.51. The Morgan fingerprint density at radius 2 is 1.92 bits per heavy atom. The van der Waals surface area contributed by atoms with Gasteiger partial charge in [0.15, 0.2) is 10.3 Å². The zero-order valence-corrected chi connectivity index (χ0v) is 8.44. The molecule has 1 aromatic rings. The molecule has 1 saturated carbocycles. The molecule has 70 valence electrons. The van der Waals surface area contributed by atoms with E-state index in [9.17, 15) is 0 Å². The quantitative estimate of drug-likeness (QED) is 0.792. The van der Waals surface area contributed by atoms with E-state index in [1.165, 1.54) is 19.2 Å². The monoisotopic (exact) mass is 217 g/mol. The van der Waals surface area contributed by atoms with Crippen molar-refractivity contribution >= 4 is 28.9 Å². The third-order valence-corrected chi connectivity index (χ3v) is 2.59. The summed E-state index contributed by atoms with van der Waals surface area (Å²) in [5.41, 5.74) is 0.651. The zero-order valence-electron chi connectivity index (χ0n) is 6.93. The summed E-state index contributed by atoms with van der Waals surface area (Å²) in [6.07, 6.45) is 3.93. The van der Waals surface area contributed by atoms with Crippen LogP contribution in [0.3, 0.4) is 0 Å². The Labute approximate surface area is 86.5 Å². The van der Waals surface area contributed by atoms with Crippen molar-refractivity contribution in [3.8, 4) is 0 Å². The third-order valence-electron chi connectivity index (χ3n) is 2.02. The molecule has 0 saturated heterocycles. The average molecular weight is 218 g/mol. The van der Waals surface area contributed by atoms with E-state index in [1.807, 2.05) is 0 Å². The second kappa shape index (κ2) is 3.68. The maximum atomic E-state index is 5.84. The van der Waals surface area contributed by atoms with E-state index in [0.717, 1.165) is 12.5 Å². The van der Waals surface area contributed by atoms with E-state index in [1.54, 1.807) is 0 Å². The summed E-state index contributed by atoms with van der Waals surface area (Å²) in [6.45, 7) is 0.910. The van der Waals surface area contributed by atoms with Crippen molar-refractivity contribution in [3.05, 3.63) is 16.6 Å². The molecular weight excluding hydrogens is 209 g/mol. The molecule has 1 aliphatic carbocycles. The molecule has 0 bridgehead atoms. The van der Waals surface area contributed by atoms with E-state index in [4.69, 9.17) is 23.2 Å². The Morgan fingerprint density at radius 1 is 1.31 bits per heavy atom. The maximum absolute atomic E-state index is 5.84. The van der Waals surface area contributed by atoms with Crippen LogP contribution in [0.1, 0.15) is 12.8 Å². The molecule has 2 rings (SSSR count). The van der Waals surface area contributed by atoms with Gasteiger partial charge in [-0.25, -0.2) is 9.97 Å². The van der Waals surface area contributed by atoms with Crippen molar-refractivity contribution in [3.63, 3.8) is 0 Å². The summed E-state index contributed by atoms with van der Waals surface area (Å²) in [6, 6.07) is 0. The van der Waals surface area contributed by atoms with E-state index in [2.05, 4.69) is 15.3 Å². The van der Waals surface area contributed by atoms with Gasteiger partial charge in [-0.05, 0) is 18.8 Å². The first-order valence-corrected chi connectivity index (χ1v) is 4.93. The minimum absolute atomic E-state index is 0.389. The molecule has 3 nitrogen and oxygen atoms in total. The molecular formula is C8H9Cl2N3. The van der Waals surface area contributed by atoms with Gasteiger partial charge in [-0.15, -0.1) is 0 Å². The summed E-state index contributed by atoms with van der Waals surface area (Å²) in [5, 5.41) is 3.93. The molecule has 1 aromatic heterocycles. The molecule has 5 heteroatoms. The summed E-state index contributed by atoms with van der Waals surface area (Å²) >= 11 is 11.7. The summed E-state index contributed by atoms with van der Waals surface area (Å²) in [5.74, 6) is 0.771. The van der Waals surface area contributed by atoms with E-state index in [0.29, 0.717) is 16.0 Å². The van der Waals surface area contributed by atoms with Gasteiger partial charge in [0.05, 0.1) is 0 Å². The van der Waals surface area contributed by atoms with Crippen molar-refractivity contribution in [1.82, 2.24) is 9.97 Å². The van der Waals surface area contributed by atoms with Gasteiger partial charge < -0.3 is 5.32 Å². The second-order valence-corrected chi connectivity index (χ2v) is 3.87. The fourth-order valence-electron chi connectivity index (χ4n) is 1.06. The fraction of sp³-hybridized carbons (Fsp3) is 0.500. The van der Waals surface area contributed by atoms with E-state index < -0.39 is 0 Å². The van der Waals surface area contributed by atoms with Gasteiger partial charge in [0.25, 0.3) is 0 Å². The predicted molar refractivity (Wildman–Crippen MR) is 53.3 cm³/mol. The normalized spacial score (nSPS) is 15.8. The Morgan fingerprint density at radius 3 is 2.46 bits per heavy atom. The smallest absolute Gasteiger partial charge is 0.157 e. The number of anilines is 1. The van der Waals surface area contributed by atoms with Crippen LogP contribution in [-0.2, 0) is 0 Å². The molecule has 0 unspecified atom stereocenters. The predicted octanol–water partition coefficient (Wildman–Crippen LogP) is 2.61. The average Bonchev–Trinajstić information content (AvgIpc) is 2.87. The SMILES string of the molecule is Clc1ncnc(Cl)c1NCC1CC1. The Hall–Kier alpha value is -0.540. The van der Waals surface area contributed by atoms with Crippen LogP contribution in [0.15, 0.2) is 6.33 Å². The standard InChI is InChI=1S/C8H9Cl2N3/c9-7-6(8(10)13-4-12-7)11-3-5-1-2-5/h4-5,11H,1-3H2. The largest absolute Gasteiger partial charge is 0.380 e. The molecule has 0 spiro atoms. The molecule has 13 heavy (non-hydrogen) atoms. The first-order chi connectivity index (χ1) is 6.27. The first kappa shape index (κ1) is 9.03. The van der Waals surface area contributed by atoms with Crippen molar-refractivity contribution in [2.75, 3.05) is 11.9 Å². The number of hydrogen-bond acceptors (Lipinski definition) is 3. The number of halogens is 2. The topological polar surface area (TPSA) is 37.8 Å². The molecule has 1 fully saturated rings. The van der Waals surface area contributed by atoms with Crippen molar-refractivity contribution in [1.29, 1.82) is 0 Å². The van der Waals surface area contributed by atoms with Crippen LogP contribution in [-0.4, -0.2) is 16.5 Å². The second-order valence-electron chi connectivity index (χ2n) is 3.15. The van der Waals surface area contributed by atoms with E-state index in [-0.39, 0.29) is 0 Å². The highest BCUT2D eigenvalue weighted by Gasteiger charge is 2.21. The molecule has 1 heterocycles. The Kier molecular flexibility index (Phi) is 2.56. The lowest BCUT2D eigenvalue weighted by Gasteiger charge is -2.07. The Balaban J connectivity index is 2.07. The number of nitrogens with zero attached hydrogens (tertiary/aromatic N) is 2. The number of aromatic nitrogens is 2. The molecule has 0 amide bonds. The minimum atomic E-state index is 0.389. The van der Waals surface area contributed by atoms with Crippen molar-refractivity contribution in [2.24, 2.45) is 5.92 Å². The van der Waals surface area contributed by atoms with Gasteiger partial charge in [-0.1, -0.05) is 23.2 Å². The third kappa shape index (κ3) is 2.23. The number of rotatable bonds is 3. The summed E-state index contributed by atoms with van der Waals surface area (Å²) in [7, 11) is 0. The van der Waals surface area contributed by atoms with Gasteiger partial charge >= 0.3 is 0 Å². The van der Waals surface area contributed by atoms with Crippen LogP contribution < -0.4 is 5.32 Å². The molecule has 1 aliphatic rings. The lowest BCUT2D eigenvalue weighted by molar-refractivity contribution is 0.886. The van der Waals surface area contributed by atoms with E-state index >= 15 is 0 Å². The molecule has 1 N–H and O–H groups in total. The molecule has 0 radical (unpaired) electrons. The first-order valence-electron chi connectivity index (χ1n) is 4.17. The van der Waals surface area contributed by atoms with Crippen LogP contribution in [0.5, 0.6) is 0 Å². The van der Waals surface area contributed by atoms with Crippen LogP contribution in [0.4, 0.5) is 5.69 Å². The molecule has 0 atom stereocenters. The molecule has 0 aromatic carbocycles. The van der Waals surface area contributed by atoms with Crippen molar-refractivity contribution < 1.29 is 0 Å². The number of hydrogen-bond donors (Lipinski definition) is 1. The van der Waals surface area contributed by atoms with Gasteiger partial charge in [0, 0.05) is 6.54 Å². The number of nitrogens with one attached hydrogen (secondary N) is 1. The summed E-state index contributed by atoms with van der Waals surface area (Å²) < 4.78 is 0. The van der Waals surface area contributed by atoms with Crippen LogP contribution in [0, 0.1) is 5.92 Å². The lowest BCUT2D eigenvalue weighted by atomic mass is 10.4. The molecule has 0 aliphatic heterocycles. The summed E-state index contributed by atoms with van der Waals surface area (Å²) in [4.78, 5) is 7.69. The van der Waals surface area contributed by atoms with Gasteiger partial charge in [-0.2, -0.15) is 0 Å².